The summed E-state index contributed by atoms with van der Waals surface area (Å²) in [6, 6.07) is 5.90. The molecule has 3 aromatic rings. The lowest BCUT2D eigenvalue weighted by atomic mass is 10.1. The van der Waals surface area contributed by atoms with Crippen LogP contribution in [0.5, 0.6) is 11.5 Å². The van der Waals surface area contributed by atoms with Crippen LogP contribution >= 0.6 is 0 Å². The van der Waals surface area contributed by atoms with Gasteiger partial charge < -0.3 is 18.9 Å². The second-order valence-electron chi connectivity index (χ2n) is 8.21. The molecular formula is C23H29N5O4. The van der Waals surface area contributed by atoms with Gasteiger partial charge in [0.1, 0.15) is 0 Å². The molecule has 0 saturated carbocycles. The average molecular weight is 440 g/mol. The second kappa shape index (κ2) is 8.57. The largest absolute Gasteiger partial charge is 0.493 e. The first kappa shape index (κ1) is 21.7. The summed E-state index contributed by atoms with van der Waals surface area (Å²) in [5, 5.41) is 0. The standard InChI is InChI=1S/C23H29N5O4/c1-15(2)14-28-21(29)19-20(25(3)23(28)30)24-22-26(10-6-11-27(19)22)12-9-16-7-8-17(31-4)18(13-16)32-5/h7-8,13H,1,6,9-12,14H2,2-5H3. The average Bonchev–Trinajstić information content (AvgIpc) is 3.19. The summed E-state index contributed by atoms with van der Waals surface area (Å²) in [5.74, 6) is 2.12. The maximum Gasteiger partial charge on any atom is 0.332 e. The van der Waals surface area contributed by atoms with Crippen molar-refractivity contribution < 1.29 is 9.47 Å². The van der Waals surface area contributed by atoms with E-state index in [-0.39, 0.29) is 17.8 Å². The molecule has 0 radical (unpaired) electrons. The van der Waals surface area contributed by atoms with Crippen molar-refractivity contribution in [2.45, 2.75) is 32.9 Å². The van der Waals surface area contributed by atoms with Crippen LogP contribution < -0.4 is 25.6 Å². The number of allylic oxidation sites excluding steroid dienone is 1. The number of methoxy groups -OCH3 is 2. The molecule has 3 heterocycles. The molecule has 170 valence electrons. The molecule has 0 bridgehead atoms. The highest BCUT2D eigenvalue weighted by molar-refractivity contribution is 5.75. The molecule has 9 nitrogen and oxygen atoms in total. The van der Waals surface area contributed by atoms with E-state index in [2.05, 4.69) is 11.5 Å². The normalized spacial score (nSPS) is 13.3. The molecule has 0 aliphatic carbocycles. The van der Waals surface area contributed by atoms with Crippen molar-refractivity contribution in [1.29, 1.82) is 0 Å². The van der Waals surface area contributed by atoms with Crippen LogP contribution in [0.3, 0.4) is 0 Å². The Morgan fingerprint density at radius 1 is 1.16 bits per heavy atom. The first-order valence-corrected chi connectivity index (χ1v) is 10.7. The maximum absolute atomic E-state index is 13.2. The van der Waals surface area contributed by atoms with E-state index < -0.39 is 0 Å². The van der Waals surface area contributed by atoms with Gasteiger partial charge in [0, 0.05) is 26.7 Å². The fourth-order valence-electron chi connectivity index (χ4n) is 4.25. The van der Waals surface area contributed by atoms with Gasteiger partial charge in [-0.1, -0.05) is 18.2 Å². The highest BCUT2D eigenvalue weighted by atomic mass is 16.5. The Morgan fingerprint density at radius 2 is 1.91 bits per heavy atom. The van der Waals surface area contributed by atoms with Crippen LogP contribution in [0.2, 0.25) is 0 Å². The number of ether oxygens (including phenoxy) is 2. The lowest BCUT2D eigenvalue weighted by Crippen LogP contribution is -2.40. The molecular weight excluding hydrogens is 410 g/mol. The number of aromatic nitrogens is 4. The van der Waals surface area contributed by atoms with Crippen molar-refractivity contribution in [3.05, 3.63) is 56.8 Å². The summed E-state index contributed by atoms with van der Waals surface area (Å²) in [6.45, 7) is 8.11. The molecule has 0 N–H and O–H groups in total. The molecule has 9 heteroatoms. The predicted octanol–water partition coefficient (Wildman–Crippen LogP) is 1.94. The minimum absolute atomic E-state index is 0.199. The highest BCUT2D eigenvalue weighted by Gasteiger charge is 2.26. The third-order valence-corrected chi connectivity index (χ3v) is 5.85. The molecule has 4 rings (SSSR count). The third kappa shape index (κ3) is 3.68. The van der Waals surface area contributed by atoms with Gasteiger partial charge in [0.05, 0.1) is 20.8 Å². The summed E-state index contributed by atoms with van der Waals surface area (Å²) in [7, 11) is 4.90. The number of nitrogens with zero attached hydrogens (tertiary/aromatic N) is 5. The van der Waals surface area contributed by atoms with Gasteiger partial charge in [0.15, 0.2) is 22.7 Å². The van der Waals surface area contributed by atoms with Crippen LogP contribution in [0.4, 0.5) is 5.95 Å². The molecule has 0 spiro atoms. The van der Waals surface area contributed by atoms with Gasteiger partial charge in [0.25, 0.3) is 5.56 Å². The molecule has 32 heavy (non-hydrogen) atoms. The van der Waals surface area contributed by atoms with Crippen molar-refractivity contribution in [1.82, 2.24) is 18.7 Å². The number of anilines is 1. The number of hydrogen-bond donors (Lipinski definition) is 0. The summed E-state index contributed by atoms with van der Waals surface area (Å²) in [6.07, 6.45) is 1.68. The zero-order valence-corrected chi connectivity index (χ0v) is 19.1. The van der Waals surface area contributed by atoms with Crippen molar-refractivity contribution in [2.75, 3.05) is 32.2 Å². The van der Waals surface area contributed by atoms with E-state index in [4.69, 9.17) is 14.5 Å². The van der Waals surface area contributed by atoms with Gasteiger partial charge in [-0.25, -0.2) is 4.79 Å². The zero-order valence-electron chi connectivity index (χ0n) is 19.1. The monoisotopic (exact) mass is 439 g/mol. The van der Waals surface area contributed by atoms with Gasteiger partial charge in [-0.15, -0.1) is 0 Å². The molecule has 1 aliphatic rings. The quantitative estimate of drug-likeness (QED) is 0.523. The summed E-state index contributed by atoms with van der Waals surface area (Å²) in [5.41, 5.74) is 2.07. The smallest absolute Gasteiger partial charge is 0.332 e. The zero-order chi connectivity index (χ0) is 23.0. The number of aryl methyl sites for hydroxylation is 2. The topological polar surface area (TPSA) is 83.5 Å². The minimum Gasteiger partial charge on any atom is -0.493 e. The third-order valence-electron chi connectivity index (χ3n) is 5.85. The fourth-order valence-corrected chi connectivity index (χ4v) is 4.25. The molecule has 1 aliphatic heterocycles. The molecule has 0 unspecified atom stereocenters. The Labute approximate surface area is 186 Å². The van der Waals surface area contributed by atoms with Crippen LogP contribution in [-0.2, 0) is 26.6 Å². The SMILES string of the molecule is C=C(C)Cn1c(=O)c2c(nc3n2CCCN3CCc2ccc(OC)c(OC)c2)n(C)c1=O. The van der Waals surface area contributed by atoms with Crippen molar-refractivity contribution in [3.63, 3.8) is 0 Å². The predicted molar refractivity (Wildman–Crippen MR) is 124 cm³/mol. The van der Waals surface area contributed by atoms with E-state index in [1.165, 1.54) is 9.13 Å². The van der Waals surface area contributed by atoms with Crippen molar-refractivity contribution in [2.24, 2.45) is 7.05 Å². The molecule has 1 aromatic carbocycles. The van der Waals surface area contributed by atoms with E-state index >= 15 is 0 Å². The number of benzene rings is 1. The van der Waals surface area contributed by atoms with Crippen LogP contribution in [0.25, 0.3) is 11.2 Å². The molecule has 2 aromatic heterocycles. The number of hydrogen-bond acceptors (Lipinski definition) is 6. The van der Waals surface area contributed by atoms with E-state index in [9.17, 15) is 9.59 Å². The Balaban J connectivity index is 1.70. The van der Waals surface area contributed by atoms with E-state index in [1.54, 1.807) is 28.2 Å². The molecule has 0 fully saturated rings. The van der Waals surface area contributed by atoms with Gasteiger partial charge >= 0.3 is 5.69 Å². The first-order chi connectivity index (χ1) is 15.3. The highest BCUT2D eigenvalue weighted by Crippen LogP contribution is 2.29. The van der Waals surface area contributed by atoms with E-state index in [1.807, 2.05) is 22.8 Å². The van der Waals surface area contributed by atoms with Crippen molar-refractivity contribution in [3.8, 4) is 11.5 Å². The van der Waals surface area contributed by atoms with Crippen LogP contribution in [-0.4, -0.2) is 46.0 Å². The van der Waals surface area contributed by atoms with Crippen LogP contribution in [0, 0.1) is 0 Å². The van der Waals surface area contributed by atoms with Crippen molar-refractivity contribution >= 4 is 17.1 Å². The lowest BCUT2D eigenvalue weighted by molar-refractivity contribution is 0.354. The summed E-state index contributed by atoms with van der Waals surface area (Å²) >= 11 is 0. The van der Waals surface area contributed by atoms with E-state index in [0.29, 0.717) is 29.2 Å². The summed E-state index contributed by atoms with van der Waals surface area (Å²) < 4.78 is 15.4. The van der Waals surface area contributed by atoms with Gasteiger partial charge in [-0.05, 0) is 37.5 Å². The molecule has 0 atom stereocenters. The van der Waals surface area contributed by atoms with Gasteiger partial charge in [0.2, 0.25) is 5.95 Å². The Bertz CT molecular complexity index is 1300. The number of rotatable bonds is 7. The maximum atomic E-state index is 13.2. The second-order valence-corrected chi connectivity index (χ2v) is 8.21. The minimum atomic E-state index is -0.377. The Hall–Kier alpha value is -3.49. The van der Waals surface area contributed by atoms with Gasteiger partial charge in [-0.2, -0.15) is 4.98 Å². The molecule has 0 saturated heterocycles. The number of imidazole rings is 1. The Morgan fingerprint density at radius 3 is 2.59 bits per heavy atom. The Kier molecular flexibility index (Phi) is 5.82. The first-order valence-electron chi connectivity index (χ1n) is 10.7. The molecule has 0 amide bonds. The van der Waals surface area contributed by atoms with Crippen LogP contribution in [0.1, 0.15) is 18.9 Å². The lowest BCUT2D eigenvalue weighted by Gasteiger charge is -2.29. The van der Waals surface area contributed by atoms with Gasteiger partial charge in [-0.3, -0.25) is 13.9 Å². The number of fused-ring (bicyclic) bond motifs is 3. The fraction of sp³-hybridized carbons (Fsp3) is 0.435. The van der Waals surface area contributed by atoms with E-state index in [0.717, 1.165) is 43.0 Å². The van der Waals surface area contributed by atoms with Crippen LogP contribution in [0.15, 0.2) is 39.9 Å². The summed E-state index contributed by atoms with van der Waals surface area (Å²) in [4.78, 5) is 32.8.